The Bertz CT molecular complexity index is 868. The fourth-order valence-electron chi connectivity index (χ4n) is 3.65. The summed E-state index contributed by atoms with van der Waals surface area (Å²) in [7, 11) is 0. The third-order valence-corrected chi connectivity index (χ3v) is 5.46. The highest BCUT2D eigenvalue weighted by molar-refractivity contribution is 6.01. The van der Waals surface area contributed by atoms with Crippen LogP contribution in [-0.2, 0) is 19.9 Å². The molecule has 1 rings (SSSR count). The molecule has 0 aliphatic rings. The van der Waals surface area contributed by atoms with Gasteiger partial charge in [-0.2, -0.15) is 0 Å². The molecule has 0 unspecified atom stereocenters. The fraction of sp³-hybridized carbons (Fsp3) is 0.591. The first kappa shape index (κ1) is 30.4. The zero-order valence-corrected chi connectivity index (χ0v) is 20.5. The van der Waals surface area contributed by atoms with Crippen molar-refractivity contribution in [3.8, 4) is 0 Å². The molecule has 0 spiro atoms. The molecule has 0 aromatic carbocycles. The van der Waals surface area contributed by atoms with Gasteiger partial charge < -0.3 is 33.6 Å². The van der Waals surface area contributed by atoms with E-state index in [4.69, 9.17) is 33.8 Å². The average molecular weight is 505 g/mol. The van der Waals surface area contributed by atoms with E-state index in [1.807, 2.05) is 6.29 Å². The van der Waals surface area contributed by atoms with Crippen molar-refractivity contribution >= 4 is 30.0 Å². The molecular weight excluding hydrogens is 466 g/mol. The molecule has 14 heteroatoms. The number of hydrogen-bond acceptors (Lipinski definition) is 9. The van der Waals surface area contributed by atoms with Crippen LogP contribution in [0.1, 0.15) is 57.1 Å². The molecule has 2 atom stereocenters. The molecule has 36 heavy (non-hydrogen) atoms. The van der Waals surface area contributed by atoms with Crippen LogP contribution in [0, 0.1) is 10.8 Å². The third kappa shape index (κ3) is 9.54. The molecule has 12 N–H and O–H groups in total. The van der Waals surface area contributed by atoms with E-state index in [1.165, 1.54) is 18.6 Å². The lowest BCUT2D eigenvalue weighted by Gasteiger charge is -2.38. The van der Waals surface area contributed by atoms with Gasteiger partial charge in [-0.25, -0.2) is 0 Å². The number of guanidine groups is 2. The zero-order chi connectivity index (χ0) is 27.0. The van der Waals surface area contributed by atoms with Gasteiger partial charge in [0.1, 0.15) is 0 Å². The van der Waals surface area contributed by atoms with Crippen LogP contribution >= 0.6 is 0 Å². The van der Waals surface area contributed by atoms with Crippen LogP contribution in [-0.4, -0.2) is 70.6 Å². The minimum Gasteiger partial charge on any atom is -0.370 e. The van der Waals surface area contributed by atoms with Crippen LogP contribution in [0.15, 0.2) is 18.6 Å². The van der Waals surface area contributed by atoms with Gasteiger partial charge in [-0.3, -0.25) is 40.1 Å². The van der Waals surface area contributed by atoms with Crippen LogP contribution in [0.5, 0.6) is 0 Å². The van der Waals surface area contributed by atoms with Gasteiger partial charge in [0.25, 0.3) is 0 Å². The van der Waals surface area contributed by atoms with Crippen molar-refractivity contribution in [1.82, 2.24) is 25.5 Å². The van der Waals surface area contributed by atoms with E-state index < -0.39 is 23.4 Å². The number of carbonyl (C=O) groups excluding carboxylic acids is 3. The maximum absolute atomic E-state index is 13.6. The summed E-state index contributed by atoms with van der Waals surface area (Å²) in [5.41, 5.74) is 20.5. The highest BCUT2D eigenvalue weighted by Gasteiger charge is 2.47. The summed E-state index contributed by atoms with van der Waals surface area (Å²) < 4.78 is 0. The lowest BCUT2D eigenvalue weighted by molar-refractivity contribution is -0.152. The summed E-state index contributed by atoms with van der Waals surface area (Å²) in [5.74, 6) is -1.78. The lowest BCUT2D eigenvalue weighted by Crippen LogP contribution is -2.58. The van der Waals surface area contributed by atoms with Gasteiger partial charge in [0, 0.05) is 31.9 Å². The van der Waals surface area contributed by atoms with Crippen LogP contribution in [0.3, 0.4) is 0 Å². The Morgan fingerprint density at radius 2 is 1.72 bits per heavy atom. The van der Waals surface area contributed by atoms with Crippen molar-refractivity contribution < 1.29 is 14.4 Å². The maximum Gasteiger partial charge on any atom is 0.247 e. The van der Waals surface area contributed by atoms with Gasteiger partial charge in [0.2, 0.25) is 18.1 Å². The van der Waals surface area contributed by atoms with E-state index in [2.05, 4.69) is 20.6 Å². The second kappa shape index (κ2) is 16.1. The molecule has 1 radical (unpaired) electrons. The van der Waals surface area contributed by atoms with E-state index in [0.29, 0.717) is 32.4 Å². The van der Waals surface area contributed by atoms with E-state index in [0.717, 1.165) is 11.3 Å². The Balaban J connectivity index is 3.33. The van der Waals surface area contributed by atoms with E-state index in [-0.39, 0.29) is 49.8 Å². The number of unbranched alkanes of at least 4 members (excludes halogenated alkanes) is 2. The first-order valence-corrected chi connectivity index (χ1v) is 11.8. The largest absolute Gasteiger partial charge is 0.370 e. The molecule has 199 valence electrons. The normalized spacial score (nSPS) is 13.2. The number of nitrogens with two attached hydrogens (primary N) is 4. The lowest BCUT2D eigenvalue weighted by atomic mass is 9.87. The summed E-state index contributed by atoms with van der Waals surface area (Å²) in [4.78, 5) is 48.8. The van der Waals surface area contributed by atoms with Gasteiger partial charge >= 0.3 is 0 Å². The van der Waals surface area contributed by atoms with Crippen LogP contribution in [0.2, 0.25) is 0 Å². The number of amides is 2. The second-order valence-electron chi connectivity index (χ2n) is 8.25. The molecule has 14 nitrogen and oxygen atoms in total. The Labute approximate surface area is 211 Å². The number of hydrogen-bond donors (Lipinski definition) is 8. The maximum atomic E-state index is 13.6. The molecule has 1 heterocycles. The molecular formula is C22H38N11O3. The highest BCUT2D eigenvalue weighted by Crippen LogP contribution is 2.32. The molecule has 0 bridgehead atoms. The molecule has 0 aliphatic heterocycles. The zero-order valence-electron chi connectivity index (χ0n) is 20.5. The Kier molecular flexibility index (Phi) is 13.6. The summed E-state index contributed by atoms with van der Waals surface area (Å²) in [6.45, 7) is 1.01. The van der Waals surface area contributed by atoms with E-state index >= 15 is 0 Å². The quantitative estimate of drug-likeness (QED) is 0.0688. The molecule has 1 aromatic rings. The number of rotatable bonds is 17. The van der Waals surface area contributed by atoms with Crippen LogP contribution in [0.25, 0.3) is 0 Å². The first-order valence-electron chi connectivity index (χ1n) is 11.8. The van der Waals surface area contributed by atoms with Crippen LogP contribution < -0.4 is 33.6 Å². The van der Waals surface area contributed by atoms with Gasteiger partial charge in [-0.15, -0.1) is 0 Å². The second-order valence-corrected chi connectivity index (χ2v) is 8.25. The molecule has 0 fully saturated rings. The number of nitrogens with zero attached hydrogens (tertiary/aromatic N) is 3. The SMILES string of the molecule is N=C(N)NCCC[C@H](N)C(=O)N(C(=O)CCCCCN)[C@]([C]=O)(CCCNC(=N)N)c1cnccn1. The monoisotopic (exact) mass is 504 g/mol. The van der Waals surface area contributed by atoms with Crippen molar-refractivity contribution in [2.45, 2.75) is 62.9 Å². The summed E-state index contributed by atoms with van der Waals surface area (Å²) >= 11 is 0. The Morgan fingerprint density at radius 1 is 1.06 bits per heavy atom. The smallest absolute Gasteiger partial charge is 0.247 e. The van der Waals surface area contributed by atoms with Gasteiger partial charge in [0.05, 0.1) is 17.9 Å². The standard InChI is InChI=1S/C22H38N11O3/c23-9-3-1-2-7-18(35)33(19(36)16(24)6-4-10-31-20(25)26)22(15-34,8-5-11-32-21(27)28)17-14-29-12-13-30-17/h12-14,16H,1-11,23-24H2,(H4,25,26,31)(H4,27,28,32)/t16-,22-/m0/s1. The van der Waals surface area contributed by atoms with E-state index in [1.54, 1.807) is 0 Å². The van der Waals surface area contributed by atoms with Gasteiger partial charge in [0.15, 0.2) is 17.5 Å². The molecule has 2 amide bonds. The number of aromatic nitrogens is 2. The first-order chi connectivity index (χ1) is 17.2. The van der Waals surface area contributed by atoms with Crippen molar-refractivity contribution in [2.24, 2.45) is 22.9 Å². The summed E-state index contributed by atoms with van der Waals surface area (Å²) in [6.07, 6.45) is 8.66. The van der Waals surface area contributed by atoms with Crippen LogP contribution in [0.4, 0.5) is 0 Å². The fourth-order valence-corrected chi connectivity index (χ4v) is 3.65. The molecule has 1 aromatic heterocycles. The molecule has 0 aliphatic carbocycles. The average Bonchev–Trinajstić information content (AvgIpc) is 2.86. The van der Waals surface area contributed by atoms with Crippen molar-refractivity contribution in [3.63, 3.8) is 0 Å². The predicted octanol–water partition coefficient (Wildman–Crippen LogP) is -1.49. The summed E-state index contributed by atoms with van der Waals surface area (Å²) in [5, 5.41) is 19.8. The Morgan fingerprint density at radius 3 is 2.28 bits per heavy atom. The summed E-state index contributed by atoms with van der Waals surface area (Å²) in [6, 6.07) is -1.11. The Hall–Kier alpha value is -3.65. The van der Waals surface area contributed by atoms with Gasteiger partial charge in [-0.05, 0) is 45.1 Å². The van der Waals surface area contributed by atoms with E-state index in [9.17, 15) is 14.4 Å². The van der Waals surface area contributed by atoms with Crippen molar-refractivity contribution in [1.29, 1.82) is 10.8 Å². The topological polar surface area (TPSA) is 256 Å². The predicted molar refractivity (Wildman–Crippen MR) is 135 cm³/mol. The van der Waals surface area contributed by atoms with Crippen molar-refractivity contribution in [2.75, 3.05) is 19.6 Å². The van der Waals surface area contributed by atoms with Crippen molar-refractivity contribution in [3.05, 3.63) is 24.3 Å². The minimum absolute atomic E-state index is 0.000258. The number of nitrogens with one attached hydrogen (secondary N) is 4. The number of imide groups is 1. The van der Waals surface area contributed by atoms with Gasteiger partial charge in [-0.1, -0.05) is 6.42 Å². The minimum atomic E-state index is -1.87. The third-order valence-electron chi connectivity index (χ3n) is 5.46. The highest BCUT2D eigenvalue weighted by atomic mass is 16.2. The molecule has 0 saturated carbocycles. The molecule has 0 saturated heterocycles. The number of carbonyl (C=O) groups is 2.